The van der Waals surface area contributed by atoms with Crippen molar-refractivity contribution in [2.24, 2.45) is 17.3 Å². The zero-order valence-electron chi connectivity index (χ0n) is 8.48. The van der Waals surface area contributed by atoms with Crippen LogP contribution in [0.2, 0.25) is 0 Å². The normalized spacial score (nSPS) is 30.5. The van der Waals surface area contributed by atoms with Crippen molar-refractivity contribution >= 4 is 0 Å². The highest BCUT2D eigenvalue weighted by molar-refractivity contribution is 4.93. The summed E-state index contributed by atoms with van der Waals surface area (Å²) in [7, 11) is 0. The molecular weight excluding hydrogens is 132 g/mol. The lowest BCUT2D eigenvalue weighted by Gasteiger charge is -2.17. The molecule has 1 aliphatic carbocycles. The van der Waals surface area contributed by atoms with Crippen LogP contribution in [0.5, 0.6) is 0 Å². The van der Waals surface area contributed by atoms with Gasteiger partial charge in [0.25, 0.3) is 0 Å². The van der Waals surface area contributed by atoms with Gasteiger partial charge in [0.1, 0.15) is 0 Å². The fourth-order valence-electron chi connectivity index (χ4n) is 2.09. The molecule has 11 heavy (non-hydrogen) atoms. The Morgan fingerprint density at radius 1 is 1.27 bits per heavy atom. The Balaban J connectivity index is 2.16. The Bertz CT molecular complexity index is 118. The van der Waals surface area contributed by atoms with Gasteiger partial charge in [0.15, 0.2) is 0 Å². The van der Waals surface area contributed by atoms with Crippen molar-refractivity contribution in [1.82, 2.24) is 0 Å². The maximum Gasteiger partial charge on any atom is -0.0334 e. The lowest BCUT2D eigenvalue weighted by molar-refractivity contribution is 0.324. The molecule has 0 heteroatoms. The van der Waals surface area contributed by atoms with E-state index in [4.69, 9.17) is 0 Å². The van der Waals surface area contributed by atoms with Crippen LogP contribution in [0.25, 0.3) is 0 Å². The van der Waals surface area contributed by atoms with Gasteiger partial charge in [-0.1, -0.05) is 47.0 Å². The summed E-state index contributed by atoms with van der Waals surface area (Å²) in [6.45, 7) is 9.42. The summed E-state index contributed by atoms with van der Waals surface area (Å²) < 4.78 is 0. The molecule has 0 nitrogen and oxygen atoms in total. The van der Waals surface area contributed by atoms with Crippen molar-refractivity contribution in [1.29, 1.82) is 0 Å². The van der Waals surface area contributed by atoms with Gasteiger partial charge in [0.2, 0.25) is 0 Å². The van der Waals surface area contributed by atoms with Gasteiger partial charge in [-0.05, 0) is 23.7 Å². The Labute approximate surface area is 71.4 Å². The summed E-state index contributed by atoms with van der Waals surface area (Å²) in [6, 6.07) is 0. The van der Waals surface area contributed by atoms with Crippen molar-refractivity contribution in [3.63, 3.8) is 0 Å². The molecule has 66 valence electrons. The summed E-state index contributed by atoms with van der Waals surface area (Å²) in [5.74, 6) is 2.11. The number of hydrogen-bond donors (Lipinski definition) is 0. The molecule has 2 atom stereocenters. The third-order valence-corrected chi connectivity index (χ3v) is 2.96. The molecule has 0 amide bonds. The maximum atomic E-state index is 2.38. The third kappa shape index (κ3) is 2.50. The fraction of sp³-hybridized carbons (Fsp3) is 1.00. The minimum atomic E-state index is 0.582. The molecule has 0 saturated heterocycles. The third-order valence-electron chi connectivity index (χ3n) is 2.96. The second-order valence-electron chi connectivity index (χ2n) is 5.11. The van der Waals surface area contributed by atoms with Crippen LogP contribution in [0.1, 0.15) is 53.4 Å². The molecule has 1 saturated carbocycles. The molecule has 2 unspecified atom stereocenters. The van der Waals surface area contributed by atoms with E-state index in [9.17, 15) is 0 Å². The molecular formula is C11H22. The SMILES string of the molecule is CCCCC1CC1C(C)(C)C. The second kappa shape index (κ2) is 3.16. The molecule has 0 radical (unpaired) electrons. The molecule has 0 heterocycles. The second-order valence-corrected chi connectivity index (χ2v) is 5.11. The molecule has 1 rings (SSSR count). The van der Waals surface area contributed by atoms with Crippen molar-refractivity contribution in [3.05, 3.63) is 0 Å². The maximum absolute atomic E-state index is 2.38. The molecule has 1 fully saturated rings. The van der Waals surface area contributed by atoms with Gasteiger partial charge in [-0.2, -0.15) is 0 Å². The molecule has 0 aromatic rings. The lowest BCUT2D eigenvalue weighted by atomic mass is 9.88. The number of rotatable bonds is 3. The fourth-order valence-corrected chi connectivity index (χ4v) is 2.09. The Hall–Kier alpha value is 0. The molecule has 0 aliphatic heterocycles. The van der Waals surface area contributed by atoms with E-state index in [0.29, 0.717) is 5.41 Å². The van der Waals surface area contributed by atoms with E-state index < -0.39 is 0 Å². The summed E-state index contributed by atoms with van der Waals surface area (Å²) >= 11 is 0. The van der Waals surface area contributed by atoms with Crippen LogP contribution in [0.15, 0.2) is 0 Å². The highest BCUT2D eigenvalue weighted by Crippen LogP contribution is 2.52. The van der Waals surface area contributed by atoms with Crippen LogP contribution in [-0.4, -0.2) is 0 Å². The first kappa shape index (κ1) is 9.09. The topological polar surface area (TPSA) is 0 Å². The Kier molecular flexibility index (Phi) is 2.61. The smallest absolute Gasteiger partial charge is 0.0334 e. The predicted molar refractivity (Wildman–Crippen MR) is 50.6 cm³/mol. The van der Waals surface area contributed by atoms with E-state index in [0.717, 1.165) is 11.8 Å². The van der Waals surface area contributed by atoms with Crippen LogP contribution in [0.3, 0.4) is 0 Å². The Morgan fingerprint density at radius 3 is 2.27 bits per heavy atom. The highest BCUT2D eigenvalue weighted by Gasteiger charge is 2.43. The van der Waals surface area contributed by atoms with Gasteiger partial charge in [-0.15, -0.1) is 0 Å². The van der Waals surface area contributed by atoms with E-state index in [1.165, 1.54) is 25.7 Å². The van der Waals surface area contributed by atoms with Crippen molar-refractivity contribution < 1.29 is 0 Å². The molecule has 0 aromatic heterocycles. The van der Waals surface area contributed by atoms with Gasteiger partial charge in [0, 0.05) is 0 Å². The average Bonchev–Trinajstić information content (AvgIpc) is 2.60. The van der Waals surface area contributed by atoms with E-state index in [1.807, 2.05) is 0 Å². The molecule has 0 spiro atoms. The average molecular weight is 154 g/mol. The first-order valence-corrected chi connectivity index (χ1v) is 5.05. The first-order valence-electron chi connectivity index (χ1n) is 5.05. The van der Waals surface area contributed by atoms with Gasteiger partial charge in [-0.3, -0.25) is 0 Å². The van der Waals surface area contributed by atoms with Gasteiger partial charge in [0.05, 0.1) is 0 Å². The van der Waals surface area contributed by atoms with E-state index >= 15 is 0 Å². The summed E-state index contributed by atoms with van der Waals surface area (Å²) in [4.78, 5) is 0. The largest absolute Gasteiger partial charge is 0.0654 e. The minimum absolute atomic E-state index is 0.582. The van der Waals surface area contributed by atoms with Crippen LogP contribution in [0.4, 0.5) is 0 Å². The standard InChI is InChI=1S/C11H22/c1-5-6-7-9-8-10(9)11(2,3)4/h9-10H,5-8H2,1-4H3. The Morgan fingerprint density at radius 2 is 1.91 bits per heavy atom. The van der Waals surface area contributed by atoms with Crippen molar-refractivity contribution in [2.75, 3.05) is 0 Å². The van der Waals surface area contributed by atoms with E-state index in [1.54, 1.807) is 0 Å². The van der Waals surface area contributed by atoms with Gasteiger partial charge >= 0.3 is 0 Å². The highest BCUT2D eigenvalue weighted by atomic mass is 14.5. The first-order chi connectivity index (χ1) is 5.05. The van der Waals surface area contributed by atoms with Crippen molar-refractivity contribution in [2.45, 2.75) is 53.4 Å². The van der Waals surface area contributed by atoms with Gasteiger partial charge < -0.3 is 0 Å². The summed E-state index contributed by atoms with van der Waals surface area (Å²) in [6.07, 6.45) is 5.80. The molecule has 0 bridgehead atoms. The van der Waals surface area contributed by atoms with Crippen molar-refractivity contribution in [3.8, 4) is 0 Å². The van der Waals surface area contributed by atoms with Gasteiger partial charge in [-0.25, -0.2) is 0 Å². The lowest BCUT2D eigenvalue weighted by Crippen LogP contribution is -2.09. The summed E-state index contributed by atoms with van der Waals surface area (Å²) in [5, 5.41) is 0. The monoisotopic (exact) mass is 154 g/mol. The summed E-state index contributed by atoms with van der Waals surface area (Å²) in [5.41, 5.74) is 0.582. The van der Waals surface area contributed by atoms with E-state index in [-0.39, 0.29) is 0 Å². The molecule has 1 aliphatic rings. The van der Waals surface area contributed by atoms with Crippen LogP contribution in [0, 0.1) is 17.3 Å². The number of hydrogen-bond acceptors (Lipinski definition) is 0. The van der Waals surface area contributed by atoms with Crippen LogP contribution >= 0.6 is 0 Å². The van der Waals surface area contributed by atoms with Crippen LogP contribution in [-0.2, 0) is 0 Å². The van der Waals surface area contributed by atoms with E-state index in [2.05, 4.69) is 27.7 Å². The molecule has 0 aromatic carbocycles. The minimum Gasteiger partial charge on any atom is -0.0654 e. The van der Waals surface area contributed by atoms with Crippen LogP contribution < -0.4 is 0 Å². The quantitative estimate of drug-likeness (QED) is 0.579. The number of unbranched alkanes of at least 4 members (excludes halogenated alkanes) is 1. The zero-order chi connectivity index (χ0) is 8.48. The predicted octanol–water partition coefficient (Wildman–Crippen LogP) is 3.86. The zero-order valence-corrected chi connectivity index (χ0v) is 8.48. The molecule has 0 N–H and O–H groups in total.